The van der Waals surface area contributed by atoms with Gasteiger partial charge in [-0.2, -0.15) is 0 Å². The Bertz CT molecular complexity index is 867. The molecular weight excluding hydrogens is 314 g/mol. The number of nitrogens with one attached hydrogen (secondary N) is 1. The molecule has 130 valence electrons. The molecule has 6 heteroatoms. The summed E-state index contributed by atoms with van der Waals surface area (Å²) in [7, 11) is 0. The minimum absolute atomic E-state index is 0.297. The number of rotatable bonds is 4. The number of aromatic amines is 1. The molecule has 0 amide bonds. The van der Waals surface area contributed by atoms with Gasteiger partial charge in [-0.3, -0.25) is 4.90 Å². The number of H-pyrrole nitrogens is 1. The molecular formula is C19H23N5O. The number of anilines is 1. The molecule has 25 heavy (non-hydrogen) atoms. The van der Waals surface area contributed by atoms with Crippen LogP contribution in [-0.2, 0) is 13.0 Å². The zero-order valence-corrected chi connectivity index (χ0v) is 14.4. The number of piperazine rings is 1. The summed E-state index contributed by atoms with van der Waals surface area (Å²) in [5, 5.41) is 10.7. The van der Waals surface area contributed by atoms with E-state index in [0.717, 1.165) is 55.9 Å². The zero-order chi connectivity index (χ0) is 17.2. The number of fused-ring (bicyclic) bond motifs is 1. The van der Waals surface area contributed by atoms with Crippen LogP contribution in [0.1, 0.15) is 18.2 Å². The van der Waals surface area contributed by atoms with E-state index in [-0.39, 0.29) is 0 Å². The van der Waals surface area contributed by atoms with Crippen LogP contribution in [0.25, 0.3) is 10.9 Å². The maximum absolute atomic E-state index is 9.59. The van der Waals surface area contributed by atoms with E-state index < -0.39 is 0 Å². The first-order chi connectivity index (χ1) is 12.2. The minimum Gasteiger partial charge on any atom is -0.508 e. The van der Waals surface area contributed by atoms with Gasteiger partial charge < -0.3 is 15.0 Å². The van der Waals surface area contributed by atoms with Gasteiger partial charge in [0.05, 0.1) is 0 Å². The Kier molecular flexibility index (Phi) is 4.28. The summed E-state index contributed by atoms with van der Waals surface area (Å²) < 4.78 is 0. The van der Waals surface area contributed by atoms with Crippen LogP contribution in [0, 0.1) is 0 Å². The van der Waals surface area contributed by atoms with E-state index in [0.29, 0.717) is 5.75 Å². The average Bonchev–Trinajstić information content (AvgIpc) is 3.03. The lowest BCUT2D eigenvalue weighted by molar-refractivity contribution is 0.247. The molecule has 1 aliphatic heterocycles. The molecule has 1 aromatic carbocycles. The van der Waals surface area contributed by atoms with E-state index in [1.807, 2.05) is 12.3 Å². The second kappa shape index (κ2) is 6.72. The first kappa shape index (κ1) is 15.9. The SMILES string of the molecule is CCc1cncnc1N1CCN(Cc2cc3ccc(O)cc3[nH]2)CC1. The topological polar surface area (TPSA) is 68.3 Å². The van der Waals surface area contributed by atoms with E-state index in [1.54, 1.807) is 18.5 Å². The van der Waals surface area contributed by atoms with Crippen LogP contribution in [0.15, 0.2) is 36.8 Å². The lowest BCUT2D eigenvalue weighted by Gasteiger charge is -2.35. The first-order valence-electron chi connectivity index (χ1n) is 8.79. The number of hydrogen-bond donors (Lipinski definition) is 2. The Hall–Kier alpha value is -2.60. The molecule has 6 nitrogen and oxygen atoms in total. The molecule has 1 fully saturated rings. The molecule has 2 N–H and O–H groups in total. The molecule has 4 rings (SSSR count). The van der Waals surface area contributed by atoms with Gasteiger partial charge in [-0.15, -0.1) is 0 Å². The number of aromatic nitrogens is 3. The molecule has 0 radical (unpaired) electrons. The quantitative estimate of drug-likeness (QED) is 0.766. The van der Waals surface area contributed by atoms with Crippen molar-refractivity contribution in [2.75, 3.05) is 31.1 Å². The van der Waals surface area contributed by atoms with Crippen molar-refractivity contribution in [1.82, 2.24) is 19.9 Å². The molecule has 0 unspecified atom stereocenters. The molecule has 2 aromatic heterocycles. The third kappa shape index (κ3) is 3.30. The standard InChI is InChI=1S/C19H23N5O/c1-2-14-11-20-13-21-19(14)24-7-5-23(6-8-24)12-16-9-15-3-4-17(25)10-18(15)22-16/h3-4,9-11,13,22,25H,2,5-8,12H2,1H3. The second-order valence-electron chi connectivity index (χ2n) is 6.55. The van der Waals surface area contributed by atoms with Crippen molar-refractivity contribution in [3.63, 3.8) is 0 Å². The number of hydrogen-bond acceptors (Lipinski definition) is 5. The van der Waals surface area contributed by atoms with Crippen LogP contribution in [0.3, 0.4) is 0 Å². The van der Waals surface area contributed by atoms with Crippen molar-refractivity contribution in [3.8, 4) is 5.75 Å². The molecule has 1 saturated heterocycles. The van der Waals surface area contributed by atoms with Gasteiger partial charge in [-0.1, -0.05) is 6.92 Å². The average molecular weight is 337 g/mol. The van der Waals surface area contributed by atoms with E-state index in [4.69, 9.17) is 0 Å². The number of aromatic hydroxyl groups is 1. The number of aryl methyl sites for hydroxylation is 1. The highest BCUT2D eigenvalue weighted by Gasteiger charge is 2.20. The summed E-state index contributed by atoms with van der Waals surface area (Å²) in [5.74, 6) is 1.38. The first-order valence-corrected chi connectivity index (χ1v) is 8.79. The van der Waals surface area contributed by atoms with Crippen LogP contribution in [0.5, 0.6) is 5.75 Å². The smallest absolute Gasteiger partial charge is 0.135 e. The Labute approximate surface area is 147 Å². The van der Waals surface area contributed by atoms with Gasteiger partial charge in [0, 0.05) is 61.8 Å². The number of phenolic OH excluding ortho intramolecular Hbond substituents is 1. The van der Waals surface area contributed by atoms with Crippen molar-refractivity contribution in [3.05, 3.63) is 48.0 Å². The molecule has 1 aliphatic rings. The van der Waals surface area contributed by atoms with Crippen LogP contribution in [0.2, 0.25) is 0 Å². The van der Waals surface area contributed by atoms with Crippen LogP contribution < -0.4 is 4.90 Å². The minimum atomic E-state index is 0.297. The van der Waals surface area contributed by atoms with Gasteiger partial charge >= 0.3 is 0 Å². The molecule has 0 spiro atoms. The van der Waals surface area contributed by atoms with Crippen molar-refractivity contribution in [1.29, 1.82) is 0 Å². The van der Waals surface area contributed by atoms with Crippen molar-refractivity contribution >= 4 is 16.7 Å². The summed E-state index contributed by atoms with van der Waals surface area (Å²) in [6, 6.07) is 7.62. The highest BCUT2D eigenvalue weighted by atomic mass is 16.3. The number of benzene rings is 1. The fraction of sp³-hybridized carbons (Fsp3) is 0.368. The maximum atomic E-state index is 9.59. The zero-order valence-electron chi connectivity index (χ0n) is 14.4. The van der Waals surface area contributed by atoms with Crippen LogP contribution >= 0.6 is 0 Å². The van der Waals surface area contributed by atoms with E-state index in [2.05, 4.69) is 37.7 Å². The van der Waals surface area contributed by atoms with Crippen molar-refractivity contribution in [2.24, 2.45) is 0 Å². The van der Waals surface area contributed by atoms with E-state index >= 15 is 0 Å². The van der Waals surface area contributed by atoms with Gasteiger partial charge in [0.25, 0.3) is 0 Å². The molecule has 3 aromatic rings. The van der Waals surface area contributed by atoms with Gasteiger partial charge in [-0.25, -0.2) is 9.97 Å². The number of phenols is 1. The summed E-state index contributed by atoms with van der Waals surface area (Å²) in [4.78, 5) is 16.8. The molecule has 0 bridgehead atoms. The summed E-state index contributed by atoms with van der Waals surface area (Å²) >= 11 is 0. The Balaban J connectivity index is 1.41. The Morgan fingerprint density at radius 1 is 1.16 bits per heavy atom. The third-order valence-corrected chi connectivity index (χ3v) is 4.87. The van der Waals surface area contributed by atoms with Gasteiger partial charge in [0.15, 0.2) is 0 Å². The monoisotopic (exact) mass is 337 g/mol. The van der Waals surface area contributed by atoms with E-state index in [9.17, 15) is 5.11 Å². The maximum Gasteiger partial charge on any atom is 0.135 e. The fourth-order valence-electron chi connectivity index (χ4n) is 3.51. The van der Waals surface area contributed by atoms with Crippen molar-refractivity contribution in [2.45, 2.75) is 19.9 Å². The molecule has 0 atom stereocenters. The Morgan fingerprint density at radius 2 is 2.00 bits per heavy atom. The second-order valence-corrected chi connectivity index (χ2v) is 6.55. The van der Waals surface area contributed by atoms with Gasteiger partial charge in [-0.05, 0) is 30.0 Å². The van der Waals surface area contributed by atoms with Crippen LogP contribution in [0.4, 0.5) is 5.82 Å². The molecule has 0 aliphatic carbocycles. The normalized spacial score (nSPS) is 15.8. The van der Waals surface area contributed by atoms with E-state index in [1.165, 1.54) is 11.3 Å². The van der Waals surface area contributed by atoms with Crippen molar-refractivity contribution < 1.29 is 5.11 Å². The highest BCUT2D eigenvalue weighted by molar-refractivity contribution is 5.81. The predicted molar refractivity (Wildman–Crippen MR) is 98.9 cm³/mol. The Morgan fingerprint density at radius 3 is 2.80 bits per heavy atom. The van der Waals surface area contributed by atoms with Gasteiger partial charge in [0.2, 0.25) is 0 Å². The molecule has 3 heterocycles. The summed E-state index contributed by atoms with van der Waals surface area (Å²) in [6.45, 7) is 7.01. The number of nitrogens with zero attached hydrogens (tertiary/aromatic N) is 4. The summed E-state index contributed by atoms with van der Waals surface area (Å²) in [5.41, 5.74) is 3.39. The fourth-order valence-corrected chi connectivity index (χ4v) is 3.51. The third-order valence-electron chi connectivity index (χ3n) is 4.87. The lowest BCUT2D eigenvalue weighted by atomic mass is 10.2. The summed E-state index contributed by atoms with van der Waals surface area (Å²) in [6.07, 6.45) is 4.52. The lowest BCUT2D eigenvalue weighted by Crippen LogP contribution is -2.46. The molecule has 0 saturated carbocycles. The highest BCUT2D eigenvalue weighted by Crippen LogP contribution is 2.22. The largest absolute Gasteiger partial charge is 0.508 e. The van der Waals surface area contributed by atoms with Crippen LogP contribution in [-0.4, -0.2) is 51.1 Å². The van der Waals surface area contributed by atoms with Gasteiger partial charge in [0.1, 0.15) is 17.9 Å². The predicted octanol–water partition coefficient (Wildman–Crippen LogP) is 2.55.